The lowest BCUT2D eigenvalue weighted by atomic mass is 10.0. The molecule has 6 heteroatoms. The molecule has 25 heavy (non-hydrogen) atoms. The molecule has 3 rings (SSSR count). The van der Waals surface area contributed by atoms with Gasteiger partial charge in [0.05, 0.1) is 31.6 Å². The molecule has 1 aliphatic heterocycles. The molecular formula is C19H28N4O2. The number of hydrogen-bond donors (Lipinski definition) is 0. The average molecular weight is 344 g/mol. The van der Waals surface area contributed by atoms with Crippen LogP contribution in [0.3, 0.4) is 0 Å². The summed E-state index contributed by atoms with van der Waals surface area (Å²) in [7, 11) is 1.84. The SMILES string of the molecule is Cc1cc(C)n(CC2CCCCN2CC(=O)N(C)Cc2ccco2)n1. The van der Waals surface area contributed by atoms with Crippen molar-refractivity contribution in [3.05, 3.63) is 41.6 Å². The predicted octanol–water partition coefficient (Wildman–Crippen LogP) is 2.61. The highest BCUT2D eigenvalue weighted by Crippen LogP contribution is 2.19. The van der Waals surface area contributed by atoms with E-state index in [-0.39, 0.29) is 5.91 Å². The Balaban J connectivity index is 1.60. The van der Waals surface area contributed by atoms with E-state index in [4.69, 9.17) is 4.42 Å². The van der Waals surface area contributed by atoms with E-state index in [0.29, 0.717) is 19.1 Å². The second-order valence-electron chi connectivity index (χ2n) is 7.06. The number of piperidine rings is 1. The molecule has 1 amide bonds. The van der Waals surface area contributed by atoms with Crippen LogP contribution in [0.4, 0.5) is 0 Å². The smallest absolute Gasteiger partial charge is 0.236 e. The van der Waals surface area contributed by atoms with E-state index in [2.05, 4.69) is 27.7 Å². The summed E-state index contributed by atoms with van der Waals surface area (Å²) in [5.41, 5.74) is 2.23. The molecule has 136 valence electrons. The minimum Gasteiger partial charge on any atom is -0.467 e. The number of amides is 1. The lowest BCUT2D eigenvalue weighted by Crippen LogP contribution is -2.47. The van der Waals surface area contributed by atoms with Crippen LogP contribution in [0.5, 0.6) is 0 Å². The first kappa shape index (κ1) is 17.7. The number of aromatic nitrogens is 2. The summed E-state index contributed by atoms with van der Waals surface area (Å²) in [4.78, 5) is 16.7. The molecule has 0 aromatic carbocycles. The molecular weight excluding hydrogens is 316 g/mol. The largest absolute Gasteiger partial charge is 0.467 e. The van der Waals surface area contributed by atoms with E-state index in [1.54, 1.807) is 11.2 Å². The molecule has 3 heterocycles. The Bertz CT molecular complexity index is 692. The summed E-state index contributed by atoms with van der Waals surface area (Å²) in [6.07, 6.45) is 5.13. The van der Waals surface area contributed by atoms with Gasteiger partial charge in [-0.2, -0.15) is 5.10 Å². The maximum atomic E-state index is 12.6. The van der Waals surface area contributed by atoms with Crippen molar-refractivity contribution >= 4 is 5.91 Å². The van der Waals surface area contributed by atoms with Gasteiger partial charge in [-0.05, 0) is 51.4 Å². The van der Waals surface area contributed by atoms with Gasteiger partial charge in [-0.15, -0.1) is 0 Å². The van der Waals surface area contributed by atoms with Crippen molar-refractivity contribution in [3.8, 4) is 0 Å². The first-order valence-electron chi connectivity index (χ1n) is 9.04. The number of likely N-dealkylation sites (tertiary alicyclic amines) is 1. The monoisotopic (exact) mass is 344 g/mol. The van der Waals surface area contributed by atoms with Gasteiger partial charge in [0.15, 0.2) is 0 Å². The van der Waals surface area contributed by atoms with Crippen molar-refractivity contribution in [1.82, 2.24) is 19.6 Å². The summed E-state index contributed by atoms with van der Waals surface area (Å²) in [6, 6.07) is 6.22. The number of rotatable bonds is 6. The Hall–Kier alpha value is -2.08. The van der Waals surface area contributed by atoms with E-state index < -0.39 is 0 Å². The van der Waals surface area contributed by atoms with E-state index in [0.717, 1.165) is 37.4 Å². The molecule has 0 radical (unpaired) electrons. The summed E-state index contributed by atoms with van der Waals surface area (Å²) in [5, 5.41) is 4.59. The molecule has 6 nitrogen and oxygen atoms in total. The van der Waals surface area contributed by atoms with Crippen LogP contribution in [0.2, 0.25) is 0 Å². The Kier molecular flexibility index (Phi) is 5.58. The van der Waals surface area contributed by atoms with Gasteiger partial charge in [-0.3, -0.25) is 14.4 Å². The van der Waals surface area contributed by atoms with Crippen LogP contribution in [0.15, 0.2) is 28.9 Å². The van der Waals surface area contributed by atoms with Crippen LogP contribution in [0, 0.1) is 13.8 Å². The number of likely N-dealkylation sites (N-methyl/N-ethyl adjacent to an activating group) is 1. The molecule has 1 atom stereocenters. The van der Waals surface area contributed by atoms with Gasteiger partial charge >= 0.3 is 0 Å². The lowest BCUT2D eigenvalue weighted by Gasteiger charge is -2.36. The molecule has 1 fully saturated rings. The normalized spacial score (nSPS) is 18.4. The third kappa shape index (κ3) is 4.51. The van der Waals surface area contributed by atoms with Crippen LogP contribution < -0.4 is 0 Å². The summed E-state index contributed by atoms with van der Waals surface area (Å²) < 4.78 is 7.42. The quantitative estimate of drug-likeness (QED) is 0.808. The fourth-order valence-electron chi connectivity index (χ4n) is 3.55. The maximum absolute atomic E-state index is 12.6. The second-order valence-corrected chi connectivity index (χ2v) is 7.06. The zero-order valence-electron chi connectivity index (χ0n) is 15.4. The highest BCUT2D eigenvalue weighted by Gasteiger charge is 2.26. The molecule has 1 saturated heterocycles. The van der Waals surface area contributed by atoms with Crippen molar-refractivity contribution in [2.75, 3.05) is 20.1 Å². The van der Waals surface area contributed by atoms with Gasteiger partial charge in [0.25, 0.3) is 0 Å². The first-order valence-corrected chi connectivity index (χ1v) is 9.04. The standard InChI is InChI=1S/C19H28N4O2/c1-15-11-16(2)23(20-15)12-17-7-4-5-9-22(17)14-19(24)21(3)13-18-8-6-10-25-18/h6,8,10-11,17H,4-5,7,9,12-14H2,1-3H3. The van der Waals surface area contributed by atoms with Gasteiger partial charge in [-0.25, -0.2) is 0 Å². The molecule has 1 aliphatic rings. The molecule has 0 spiro atoms. The number of hydrogen-bond acceptors (Lipinski definition) is 4. The molecule has 2 aromatic rings. The molecule has 0 aliphatic carbocycles. The fraction of sp³-hybridized carbons (Fsp3) is 0.579. The Labute approximate surface area is 149 Å². The fourth-order valence-corrected chi connectivity index (χ4v) is 3.55. The zero-order chi connectivity index (χ0) is 17.8. The van der Waals surface area contributed by atoms with E-state index >= 15 is 0 Å². The summed E-state index contributed by atoms with van der Waals surface area (Å²) >= 11 is 0. The van der Waals surface area contributed by atoms with Gasteiger partial charge < -0.3 is 9.32 Å². The van der Waals surface area contributed by atoms with Gasteiger partial charge in [-0.1, -0.05) is 6.42 Å². The third-order valence-corrected chi connectivity index (χ3v) is 4.97. The highest BCUT2D eigenvalue weighted by molar-refractivity contribution is 5.78. The topological polar surface area (TPSA) is 54.5 Å². The van der Waals surface area contributed by atoms with E-state index in [9.17, 15) is 4.79 Å². The molecule has 1 unspecified atom stereocenters. The maximum Gasteiger partial charge on any atom is 0.236 e. The Morgan fingerprint density at radius 2 is 2.24 bits per heavy atom. The second kappa shape index (κ2) is 7.87. The first-order chi connectivity index (χ1) is 12.0. The van der Waals surface area contributed by atoms with Crippen molar-refractivity contribution in [2.24, 2.45) is 0 Å². The van der Waals surface area contributed by atoms with Crippen LogP contribution in [0.1, 0.15) is 36.4 Å². The lowest BCUT2D eigenvalue weighted by molar-refractivity contribution is -0.133. The Morgan fingerprint density at radius 1 is 1.40 bits per heavy atom. The molecule has 0 saturated carbocycles. The van der Waals surface area contributed by atoms with Gasteiger partial charge in [0.1, 0.15) is 5.76 Å². The third-order valence-electron chi connectivity index (χ3n) is 4.97. The van der Waals surface area contributed by atoms with Crippen LogP contribution in [-0.4, -0.2) is 51.7 Å². The minimum absolute atomic E-state index is 0.136. The van der Waals surface area contributed by atoms with Crippen LogP contribution >= 0.6 is 0 Å². The zero-order valence-corrected chi connectivity index (χ0v) is 15.4. The van der Waals surface area contributed by atoms with Crippen molar-refractivity contribution in [2.45, 2.75) is 52.2 Å². The highest BCUT2D eigenvalue weighted by atomic mass is 16.3. The molecule has 0 N–H and O–H groups in total. The van der Waals surface area contributed by atoms with Crippen molar-refractivity contribution in [1.29, 1.82) is 0 Å². The average Bonchev–Trinajstić information content (AvgIpc) is 3.19. The summed E-state index contributed by atoms with van der Waals surface area (Å²) in [6.45, 7) is 6.92. The minimum atomic E-state index is 0.136. The summed E-state index contributed by atoms with van der Waals surface area (Å²) in [5.74, 6) is 0.949. The van der Waals surface area contributed by atoms with Gasteiger partial charge in [0.2, 0.25) is 5.91 Å². The van der Waals surface area contributed by atoms with Crippen LogP contribution in [-0.2, 0) is 17.9 Å². The van der Waals surface area contributed by atoms with E-state index in [1.165, 1.54) is 12.1 Å². The van der Waals surface area contributed by atoms with E-state index in [1.807, 2.05) is 26.1 Å². The number of carbonyl (C=O) groups excluding carboxylic acids is 1. The molecule has 2 aromatic heterocycles. The van der Waals surface area contributed by atoms with Crippen molar-refractivity contribution < 1.29 is 9.21 Å². The van der Waals surface area contributed by atoms with Crippen LogP contribution in [0.25, 0.3) is 0 Å². The number of carbonyl (C=O) groups is 1. The predicted molar refractivity (Wildman–Crippen MR) is 96.1 cm³/mol. The number of furan rings is 1. The Morgan fingerprint density at radius 3 is 2.92 bits per heavy atom. The number of nitrogens with zero attached hydrogens (tertiary/aromatic N) is 4. The molecule has 0 bridgehead atoms. The van der Waals surface area contributed by atoms with Crippen molar-refractivity contribution in [3.63, 3.8) is 0 Å². The van der Waals surface area contributed by atoms with Gasteiger partial charge in [0, 0.05) is 18.8 Å². The number of aryl methyl sites for hydroxylation is 2.